The van der Waals surface area contributed by atoms with Crippen LogP contribution in [0.5, 0.6) is 0 Å². The van der Waals surface area contributed by atoms with E-state index in [4.69, 9.17) is 5.11 Å². The van der Waals surface area contributed by atoms with Crippen LogP contribution in [-0.2, 0) is 9.59 Å². The topological polar surface area (TPSA) is 57.6 Å². The van der Waals surface area contributed by atoms with Crippen molar-refractivity contribution in [2.75, 3.05) is 6.54 Å². The lowest BCUT2D eigenvalue weighted by Crippen LogP contribution is -2.63. The summed E-state index contributed by atoms with van der Waals surface area (Å²) < 4.78 is 39.3. The fraction of sp³-hybridized carbons (Fsp3) is 0.818. The molecule has 1 aliphatic rings. The maximum atomic E-state index is 13.1. The molecule has 0 bridgehead atoms. The number of hydrogen-bond acceptors (Lipinski definition) is 2. The molecule has 18 heavy (non-hydrogen) atoms. The molecule has 1 saturated heterocycles. The van der Waals surface area contributed by atoms with Crippen molar-refractivity contribution in [3.8, 4) is 0 Å². The average molecular weight is 267 g/mol. The van der Waals surface area contributed by atoms with Crippen LogP contribution in [0, 0.1) is 5.41 Å². The molecule has 1 unspecified atom stereocenters. The Morgan fingerprint density at radius 2 is 1.72 bits per heavy atom. The van der Waals surface area contributed by atoms with Crippen molar-refractivity contribution in [3.63, 3.8) is 0 Å². The molecule has 1 amide bonds. The molecule has 7 heteroatoms. The van der Waals surface area contributed by atoms with E-state index in [0.717, 1.165) is 0 Å². The number of carbonyl (C=O) groups excluding carboxylic acids is 1. The van der Waals surface area contributed by atoms with Gasteiger partial charge in [-0.15, -0.1) is 0 Å². The molecule has 1 fully saturated rings. The first-order valence-electron chi connectivity index (χ1n) is 5.57. The first-order valence-corrected chi connectivity index (χ1v) is 5.57. The van der Waals surface area contributed by atoms with Crippen LogP contribution in [0.15, 0.2) is 0 Å². The Morgan fingerprint density at radius 1 is 1.22 bits per heavy atom. The third kappa shape index (κ3) is 2.06. The molecule has 1 rings (SSSR count). The number of carbonyl (C=O) groups is 2. The third-order valence-electron chi connectivity index (χ3n) is 3.09. The first-order chi connectivity index (χ1) is 7.94. The number of carboxylic acid groups (broad SMARTS) is 1. The normalized spacial score (nSPS) is 25.3. The summed E-state index contributed by atoms with van der Waals surface area (Å²) in [4.78, 5) is 23.6. The van der Waals surface area contributed by atoms with Crippen molar-refractivity contribution in [2.24, 2.45) is 5.41 Å². The van der Waals surface area contributed by atoms with Gasteiger partial charge >= 0.3 is 12.1 Å². The number of likely N-dealkylation sites (tertiary alicyclic amines) is 1. The molecule has 0 aromatic heterocycles. The van der Waals surface area contributed by atoms with E-state index in [2.05, 4.69) is 0 Å². The summed E-state index contributed by atoms with van der Waals surface area (Å²) in [6.07, 6.45) is -5.53. The van der Waals surface area contributed by atoms with Crippen molar-refractivity contribution in [1.82, 2.24) is 4.90 Å². The second-order valence-electron chi connectivity index (χ2n) is 5.47. The molecule has 104 valence electrons. The van der Waals surface area contributed by atoms with Gasteiger partial charge < -0.3 is 10.0 Å². The Bertz CT molecular complexity index is 373. The number of nitrogens with zero attached hydrogens (tertiary/aromatic N) is 1. The molecule has 0 aromatic carbocycles. The molecule has 0 radical (unpaired) electrons. The van der Waals surface area contributed by atoms with Gasteiger partial charge in [0.25, 0.3) is 0 Å². The first kappa shape index (κ1) is 14.8. The number of carboxylic acids is 1. The molecule has 0 aromatic rings. The Labute approximate surface area is 103 Å². The van der Waals surface area contributed by atoms with E-state index in [1.165, 1.54) is 20.8 Å². The fourth-order valence-electron chi connectivity index (χ4n) is 2.14. The summed E-state index contributed by atoms with van der Waals surface area (Å²) >= 11 is 0. The Morgan fingerprint density at radius 3 is 2.06 bits per heavy atom. The highest BCUT2D eigenvalue weighted by atomic mass is 19.4. The van der Waals surface area contributed by atoms with Gasteiger partial charge in [-0.2, -0.15) is 13.2 Å². The highest BCUT2D eigenvalue weighted by Crippen LogP contribution is 2.45. The minimum atomic E-state index is -4.98. The zero-order chi connectivity index (χ0) is 14.4. The van der Waals surface area contributed by atoms with Gasteiger partial charge in [0.15, 0.2) is 0 Å². The van der Waals surface area contributed by atoms with Gasteiger partial charge in [0.2, 0.25) is 11.4 Å². The van der Waals surface area contributed by atoms with Gasteiger partial charge in [-0.25, -0.2) is 4.79 Å². The van der Waals surface area contributed by atoms with E-state index in [1.807, 2.05) is 0 Å². The smallest absolute Gasteiger partial charge is 0.422 e. The van der Waals surface area contributed by atoms with Crippen molar-refractivity contribution in [2.45, 2.75) is 45.3 Å². The zero-order valence-electron chi connectivity index (χ0n) is 10.5. The SMILES string of the molecule is CC(C)(C)C(=O)N1CCCC1(C(=O)O)C(F)(F)F. The molecular formula is C11H16F3NO3. The summed E-state index contributed by atoms with van der Waals surface area (Å²) in [6.45, 7) is 4.23. The molecule has 4 nitrogen and oxygen atoms in total. The minimum Gasteiger partial charge on any atom is -0.479 e. The Balaban J connectivity index is 3.27. The molecule has 1 atom stereocenters. The van der Waals surface area contributed by atoms with E-state index in [9.17, 15) is 22.8 Å². The second-order valence-corrected chi connectivity index (χ2v) is 5.47. The fourth-order valence-corrected chi connectivity index (χ4v) is 2.14. The summed E-state index contributed by atoms with van der Waals surface area (Å²) in [6, 6.07) is 0. The molecule has 1 heterocycles. The van der Waals surface area contributed by atoms with Crippen molar-refractivity contribution < 1.29 is 27.9 Å². The third-order valence-corrected chi connectivity index (χ3v) is 3.09. The van der Waals surface area contributed by atoms with Crippen LogP contribution in [-0.4, -0.2) is 40.1 Å². The lowest BCUT2D eigenvalue weighted by molar-refractivity contribution is -0.232. The van der Waals surface area contributed by atoms with Crippen molar-refractivity contribution in [1.29, 1.82) is 0 Å². The Hall–Kier alpha value is -1.27. The number of amides is 1. The van der Waals surface area contributed by atoms with Crippen molar-refractivity contribution >= 4 is 11.9 Å². The summed E-state index contributed by atoms with van der Waals surface area (Å²) in [5, 5.41) is 8.97. The lowest BCUT2D eigenvalue weighted by atomic mass is 9.89. The standard InChI is InChI=1S/C11H16F3NO3/c1-9(2,3)7(16)15-6-4-5-10(15,8(17)18)11(12,13)14/h4-6H2,1-3H3,(H,17,18). The van der Waals surface area contributed by atoms with Gasteiger partial charge in [-0.3, -0.25) is 4.79 Å². The van der Waals surface area contributed by atoms with Crippen LogP contribution in [0.2, 0.25) is 0 Å². The summed E-state index contributed by atoms with van der Waals surface area (Å²) in [5.74, 6) is -2.80. The maximum Gasteiger partial charge on any atom is 0.422 e. The molecule has 0 aliphatic carbocycles. The van der Waals surface area contributed by atoms with Crippen LogP contribution < -0.4 is 0 Å². The number of alkyl halides is 3. The summed E-state index contributed by atoms with van der Waals surface area (Å²) in [5.41, 5.74) is -4.12. The summed E-state index contributed by atoms with van der Waals surface area (Å²) in [7, 11) is 0. The highest BCUT2D eigenvalue weighted by Gasteiger charge is 2.68. The molecular weight excluding hydrogens is 251 g/mol. The Kier molecular flexibility index (Phi) is 3.40. The van der Waals surface area contributed by atoms with Gasteiger partial charge in [-0.05, 0) is 12.8 Å². The monoisotopic (exact) mass is 267 g/mol. The maximum absolute atomic E-state index is 13.1. The predicted molar refractivity (Wildman–Crippen MR) is 56.8 cm³/mol. The molecule has 0 spiro atoms. The number of halogens is 3. The van der Waals surface area contributed by atoms with Crippen molar-refractivity contribution in [3.05, 3.63) is 0 Å². The molecule has 0 saturated carbocycles. The zero-order valence-corrected chi connectivity index (χ0v) is 10.5. The average Bonchev–Trinajstić information content (AvgIpc) is 2.58. The van der Waals surface area contributed by atoms with Gasteiger partial charge in [-0.1, -0.05) is 20.8 Å². The largest absolute Gasteiger partial charge is 0.479 e. The number of aliphatic carboxylic acids is 1. The minimum absolute atomic E-state index is 0.0353. The van der Waals surface area contributed by atoms with E-state index >= 15 is 0 Å². The second kappa shape index (κ2) is 4.13. The van der Waals surface area contributed by atoms with E-state index in [0.29, 0.717) is 4.90 Å². The van der Waals surface area contributed by atoms with Crippen LogP contribution in [0.4, 0.5) is 13.2 Å². The quantitative estimate of drug-likeness (QED) is 0.791. The van der Waals surface area contributed by atoms with Crippen LogP contribution >= 0.6 is 0 Å². The molecule has 1 aliphatic heterocycles. The van der Waals surface area contributed by atoms with Crippen LogP contribution in [0.3, 0.4) is 0 Å². The van der Waals surface area contributed by atoms with E-state index in [-0.39, 0.29) is 13.0 Å². The molecule has 1 N–H and O–H groups in total. The van der Waals surface area contributed by atoms with Gasteiger partial charge in [0, 0.05) is 12.0 Å². The van der Waals surface area contributed by atoms with E-state index in [1.54, 1.807) is 0 Å². The lowest BCUT2D eigenvalue weighted by Gasteiger charge is -2.39. The van der Waals surface area contributed by atoms with Gasteiger partial charge in [0.05, 0.1) is 0 Å². The van der Waals surface area contributed by atoms with E-state index < -0.39 is 35.4 Å². The number of rotatable bonds is 1. The number of hydrogen-bond donors (Lipinski definition) is 1. The van der Waals surface area contributed by atoms with Crippen LogP contribution in [0.1, 0.15) is 33.6 Å². The van der Waals surface area contributed by atoms with Crippen LogP contribution in [0.25, 0.3) is 0 Å². The highest BCUT2D eigenvalue weighted by molar-refractivity contribution is 5.90. The predicted octanol–water partition coefficient (Wildman–Crippen LogP) is 2.04. The van der Waals surface area contributed by atoms with Gasteiger partial charge in [0.1, 0.15) is 0 Å².